The number of phenols is 2. The van der Waals surface area contributed by atoms with Crippen LogP contribution in [-0.4, -0.2) is 34.7 Å². The summed E-state index contributed by atoms with van der Waals surface area (Å²) in [6.07, 6.45) is 0.968. The molecule has 176 valence electrons. The number of carbonyl (C=O) groups is 1. The third kappa shape index (κ3) is 5.24. The van der Waals surface area contributed by atoms with Gasteiger partial charge >= 0.3 is 0 Å². The summed E-state index contributed by atoms with van der Waals surface area (Å²) in [6.45, 7) is 6.92. The smallest absolute Gasteiger partial charge is 0.195 e. The summed E-state index contributed by atoms with van der Waals surface area (Å²) in [5.41, 5.74) is 1.99. The van der Waals surface area contributed by atoms with Gasteiger partial charge in [-0.3, -0.25) is 4.79 Å². The zero-order valence-electron chi connectivity index (χ0n) is 19.5. The zero-order valence-corrected chi connectivity index (χ0v) is 20.4. The monoisotopic (exact) mass is 475 g/mol. The van der Waals surface area contributed by atoms with Crippen molar-refractivity contribution in [2.45, 2.75) is 39.3 Å². The van der Waals surface area contributed by atoms with Gasteiger partial charge in [0, 0.05) is 38.2 Å². The lowest BCUT2D eigenvalue weighted by Gasteiger charge is -2.20. The maximum absolute atomic E-state index is 13.7. The quantitative estimate of drug-likeness (QED) is 0.245. The second-order valence-corrected chi connectivity index (χ2v) is 9.68. The average molecular weight is 476 g/mol. The molecule has 0 aliphatic rings. The highest BCUT2D eigenvalue weighted by molar-refractivity contribution is 7.22. The van der Waals surface area contributed by atoms with Crippen LogP contribution in [0.4, 0.5) is 0 Å². The van der Waals surface area contributed by atoms with Gasteiger partial charge in [-0.05, 0) is 78.7 Å². The lowest BCUT2D eigenvalue weighted by Crippen LogP contribution is -2.38. The normalized spacial score (nSPS) is 12.2. The molecule has 0 radical (unpaired) electrons. The fraction of sp³-hybridized carbons (Fsp3) is 0.250. The Morgan fingerprint density at radius 2 is 1.65 bits per heavy atom. The summed E-state index contributed by atoms with van der Waals surface area (Å²) in [4.78, 5) is 14.5. The molecule has 1 aromatic heterocycles. The van der Waals surface area contributed by atoms with Crippen LogP contribution in [0.5, 0.6) is 17.2 Å². The van der Waals surface area contributed by atoms with E-state index in [1.807, 2.05) is 12.1 Å². The van der Waals surface area contributed by atoms with Crippen LogP contribution in [0.15, 0.2) is 66.7 Å². The molecule has 3 aromatic carbocycles. The average Bonchev–Trinajstić information content (AvgIpc) is 3.20. The Hall–Kier alpha value is -3.35. The Kier molecular flexibility index (Phi) is 7.20. The van der Waals surface area contributed by atoms with Gasteiger partial charge in [0.25, 0.3) is 0 Å². The number of carbonyl (C=O) groups excluding carboxylic acids is 1. The SMILES string of the molecule is CCC(COc1ccc(C(=O)c2c(-c3ccc(O)cc3)sc3cc(O)ccc23)cc1)NC(C)C. The Bertz CT molecular complexity index is 1280. The third-order valence-electron chi connectivity index (χ3n) is 5.66. The molecule has 0 saturated heterocycles. The van der Waals surface area contributed by atoms with E-state index in [0.29, 0.717) is 23.8 Å². The second kappa shape index (κ2) is 10.3. The minimum absolute atomic E-state index is 0.0977. The molecule has 0 fully saturated rings. The molecule has 6 heteroatoms. The fourth-order valence-corrected chi connectivity index (χ4v) is 5.16. The van der Waals surface area contributed by atoms with E-state index in [-0.39, 0.29) is 23.3 Å². The van der Waals surface area contributed by atoms with E-state index in [0.717, 1.165) is 32.7 Å². The number of hydrogen-bond donors (Lipinski definition) is 3. The molecule has 0 aliphatic carbocycles. The van der Waals surface area contributed by atoms with Crippen molar-refractivity contribution in [2.75, 3.05) is 6.61 Å². The topological polar surface area (TPSA) is 78.8 Å². The van der Waals surface area contributed by atoms with Crippen LogP contribution < -0.4 is 10.1 Å². The van der Waals surface area contributed by atoms with Gasteiger partial charge in [0.05, 0.1) is 0 Å². The highest BCUT2D eigenvalue weighted by Crippen LogP contribution is 2.41. The number of benzene rings is 3. The molecule has 4 rings (SSSR count). The standard InChI is InChI=1S/C28H29NO4S/c1-4-20(29-17(2)3)16-33-23-12-7-18(8-13-23)27(32)26-24-14-11-22(31)15-25(24)34-28(26)19-5-9-21(30)10-6-19/h5-15,17,20,29-31H,4,16H2,1-3H3. The van der Waals surface area contributed by atoms with Crippen molar-refractivity contribution in [3.8, 4) is 27.7 Å². The molecule has 1 unspecified atom stereocenters. The molecule has 0 aliphatic heterocycles. The summed E-state index contributed by atoms with van der Waals surface area (Å²) in [7, 11) is 0. The van der Waals surface area contributed by atoms with E-state index in [1.165, 1.54) is 11.3 Å². The van der Waals surface area contributed by atoms with Gasteiger partial charge in [0.1, 0.15) is 23.9 Å². The van der Waals surface area contributed by atoms with Crippen LogP contribution in [0.3, 0.4) is 0 Å². The number of rotatable bonds is 9. The Morgan fingerprint density at radius 3 is 2.29 bits per heavy atom. The van der Waals surface area contributed by atoms with Gasteiger partial charge in [0.2, 0.25) is 0 Å². The number of thiophene rings is 1. The summed E-state index contributed by atoms with van der Waals surface area (Å²) < 4.78 is 6.78. The molecule has 3 N–H and O–H groups in total. The molecule has 1 atom stereocenters. The molecule has 0 amide bonds. The van der Waals surface area contributed by atoms with Crippen LogP contribution in [0, 0.1) is 0 Å². The number of hydrogen-bond acceptors (Lipinski definition) is 6. The predicted octanol–water partition coefficient (Wildman–Crippen LogP) is 6.37. The first kappa shape index (κ1) is 23.8. The number of nitrogens with one attached hydrogen (secondary N) is 1. The second-order valence-electron chi connectivity index (χ2n) is 8.62. The van der Waals surface area contributed by atoms with Crippen LogP contribution in [0.2, 0.25) is 0 Å². The molecule has 1 heterocycles. The third-order valence-corrected chi connectivity index (χ3v) is 6.86. The van der Waals surface area contributed by atoms with E-state index < -0.39 is 0 Å². The van der Waals surface area contributed by atoms with Crippen molar-refractivity contribution in [3.63, 3.8) is 0 Å². The number of fused-ring (bicyclic) bond motifs is 1. The van der Waals surface area contributed by atoms with Gasteiger partial charge in [-0.15, -0.1) is 11.3 Å². The van der Waals surface area contributed by atoms with Gasteiger partial charge in [0.15, 0.2) is 5.78 Å². The van der Waals surface area contributed by atoms with Crippen LogP contribution in [0.25, 0.3) is 20.5 Å². The van der Waals surface area contributed by atoms with Crippen LogP contribution >= 0.6 is 11.3 Å². The number of ketones is 1. The maximum atomic E-state index is 13.7. The van der Waals surface area contributed by atoms with E-state index in [9.17, 15) is 15.0 Å². The van der Waals surface area contributed by atoms with E-state index in [1.54, 1.807) is 54.6 Å². The highest BCUT2D eigenvalue weighted by atomic mass is 32.1. The van der Waals surface area contributed by atoms with Crippen molar-refractivity contribution >= 4 is 27.2 Å². The summed E-state index contributed by atoms with van der Waals surface area (Å²) in [6, 6.07) is 19.7. The fourth-order valence-electron chi connectivity index (χ4n) is 3.93. The van der Waals surface area contributed by atoms with Crippen molar-refractivity contribution in [3.05, 3.63) is 77.9 Å². The Balaban J connectivity index is 1.63. The summed E-state index contributed by atoms with van der Waals surface area (Å²) in [5, 5.41) is 23.9. The van der Waals surface area contributed by atoms with Crippen molar-refractivity contribution in [1.82, 2.24) is 5.32 Å². The van der Waals surface area contributed by atoms with Gasteiger partial charge in [-0.1, -0.05) is 20.8 Å². The first-order chi connectivity index (χ1) is 16.4. The minimum atomic E-state index is -0.0977. The van der Waals surface area contributed by atoms with Crippen molar-refractivity contribution in [1.29, 1.82) is 0 Å². The molecule has 34 heavy (non-hydrogen) atoms. The lowest BCUT2D eigenvalue weighted by molar-refractivity contribution is 0.104. The summed E-state index contributed by atoms with van der Waals surface area (Å²) >= 11 is 1.45. The van der Waals surface area contributed by atoms with Gasteiger partial charge < -0.3 is 20.3 Å². The molecular formula is C28H29NO4S. The predicted molar refractivity (Wildman–Crippen MR) is 138 cm³/mol. The van der Waals surface area contributed by atoms with E-state index in [4.69, 9.17) is 4.74 Å². The van der Waals surface area contributed by atoms with Crippen LogP contribution in [-0.2, 0) is 0 Å². The van der Waals surface area contributed by atoms with Gasteiger partial charge in [-0.2, -0.15) is 0 Å². The molecular weight excluding hydrogens is 446 g/mol. The van der Waals surface area contributed by atoms with Crippen molar-refractivity contribution in [2.24, 2.45) is 0 Å². The highest BCUT2D eigenvalue weighted by Gasteiger charge is 2.22. The lowest BCUT2D eigenvalue weighted by atomic mass is 9.97. The Morgan fingerprint density at radius 1 is 0.971 bits per heavy atom. The molecule has 0 spiro atoms. The first-order valence-electron chi connectivity index (χ1n) is 11.4. The van der Waals surface area contributed by atoms with E-state index >= 15 is 0 Å². The van der Waals surface area contributed by atoms with Crippen molar-refractivity contribution < 1.29 is 19.7 Å². The molecule has 4 aromatic rings. The maximum Gasteiger partial charge on any atom is 0.195 e. The molecule has 0 saturated carbocycles. The number of ether oxygens (including phenoxy) is 1. The summed E-state index contributed by atoms with van der Waals surface area (Å²) in [5.74, 6) is 0.947. The largest absolute Gasteiger partial charge is 0.508 e. The first-order valence-corrected chi connectivity index (χ1v) is 12.3. The van der Waals surface area contributed by atoms with E-state index in [2.05, 4.69) is 26.1 Å². The molecule has 5 nitrogen and oxygen atoms in total. The van der Waals surface area contributed by atoms with Gasteiger partial charge in [-0.25, -0.2) is 0 Å². The number of aromatic hydroxyl groups is 2. The number of phenolic OH excluding ortho intramolecular Hbond substituents is 2. The molecule has 0 bridgehead atoms. The Labute approximate surface area is 203 Å². The minimum Gasteiger partial charge on any atom is -0.508 e. The van der Waals surface area contributed by atoms with Crippen LogP contribution in [0.1, 0.15) is 43.1 Å². The zero-order chi connectivity index (χ0) is 24.2.